The van der Waals surface area contributed by atoms with Crippen LogP contribution < -0.4 is 15.6 Å². The Kier molecular flexibility index (Phi) is 7.30. The third-order valence-electron chi connectivity index (χ3n) is 3.58. The zero-order chi connectivity index (χ0) is 19.6. The first-order valence-electron chi connectivity index (χ1n) is 8.12. The van der Waals surface area contributed by atoms with Gasteiger partial charge in [-0.3, -0.25) is 25.2 Å². The van der Waals surface area contributed by atoms with Crippen LogP contribution >= 0.6 is 0 Å². The Hall–Kier alpha value is -3.42. The van der Waals surface area contributed by atoms with Crippen LogP contribution in [0.4, 0.5) is 4.39 Å². The Morgan fingerprint density at radius 1 is 1.00 bits per heavy atom. The van der Waals surface area contributed by atoms with E-state index in [0.717, 1.165) is 17.4 Å². The lowest BCUT2D eigenvalue weighted by molar-refractivity contribution is -0.148. The van der Waals surface area contributed by atoms with Gasteiger partial charge in [-0.15, -0.1) is 0 Å². The summed E-state index contributed by atoms with van der Waals surface area (Å²) in [5.74, 6) is -2.10. The lowest BCUT2D eigenvalue weighted by atomic mass is 10.1. The van der Waals surface area contributed by atoms with E-state index < -0.39 is 30.2 Å². The topological polar surface area (TPSA) is 93.7 Å². The van der Waals surface area contributed by atoms with Gasteiger partial charge in [-0.25, -0.2) is 4.39 Å². The van der Waals surface area contributed by atoms with Crippen LogP contribution in [-0.4, -0.2) is 31.5 Å². The Labute approximate surface area is 155 Å². The molecule has 0 aliphatic heterocycles. The van der Waals surface area contributed by atoms with Gasteiger partial charge in [-0.05, 0) is 36.2 Å². The molecule has 27 heavy (non-hydrogen) atoms. The molecular weight excluding hydrogens is 355 g/mol. The van der Waals surface area contributed by atoms with Crippen molar-refractivity contribution in [3.05, 3.63) is 65.5 Å². The molecule has 0 spiro atoms. The SMILES string of the molecule is COc1ccc(CCC(=O)OCC(=O)NNC(=O)c2ccccc2F)cc1. The normalized spacial score (nSPS) is 10.0. The number of hydrazine groups is 1. The molecule has 0 unspecified atom stereocenters. The molecule has 0 aromatic heterocycles. The molecule has 8 heteroatoms. The molecule has 7 nitrogen and oxygen atoms in total. The molecule has 0 aliphatic carbocycles. The summed E-state index contributed by atoms with van der Waals surface area (Å²) in [6.45, 7) is -0.557. The minimum Gasteiger partial charge on any atom is -0.497 e. The van der Waals surface area contributed by atoms with Gasteiger partial charge in [0.05, 0.1) is 12.7 Å². The number of esters is 1. The van der Waals surface area contributed by atoms with Gasteiger partial charge in [-0.2, -0.15) is 0 Å². The van der Waals surface area contributed by atoms with Crippen molar-refractivity contribution in [2.24, 2.45) is 0 Å². The van der Waals surface area contributed by atoms with Gasteiger partial charge in [0, 0.05) is 6.42 Å². The predicted octanol–water partition coefficient (Wildman–Crippen LogP) is 1.77. The van der Waals surface area contributed by atoms with Gasteiger partial charge in [0.1, 0.15) is 11.6 Å². The summed E-state index contributed by atoms with van der Waals surface area (Å²) < 4.78 is 23.3. The molecule has 0 heterocycles. The maximum Gasteiger partial charge on any atom is 0.306 e. The van der Waals surface area contributed by atoms with Gasteiger partial charge in [0.25, 0.3) is 11.8 Å². The molecule has 2 N–H and O–H groups in total. The maximum atomic E-state index is 13.4. The standard InChI is InChI=1S/C19H19FN2O5/c1-26-14-9-6-13(7-10-14)8-11-18(24)27-12-17(23)21-22-19(25)15-4-2-3-5-16(15)20/h2-7,9-10H,8,11-12H2,1H3,(H,21,23)(H,22,25). The van der Waals surface area contributed by atoms with Gasteiger partial charge in [-0.1, -0.05) is 24.3 Å². The van der Waals surface area contributed by atoms with Crippen LogP contribution in [0.25, 0.3) is 0 Å². The molecule has 0 saturated heterocycles. The fourth-order valence-electron chi connectivity index (χ4n) is 2.13. The first kappa shape index (κ1) is 19.9. The fraction of sp³-hybridized carbons (Fsp3) is 0.211. The van der Waals surface area contributed by atoms with E-state index in [-0.39, 0.29) is 12.0 Å². The lowest BCUT2D eigenvalue weighted by Crippen LogP contribution is -2.43. The second-order valence-electron chi connectivity index (χ2n) is 5.49. The Balaban J connectivity index is 1.67. The van der Waals surface area contributed by atoms with Gasteiger partial charge < -0.3 is 9.47 Å². The number of nitrogens with one attached hydrogen (secondary N) is 2. The molecule has 142 valence electrons. The zero-order valence-corrected chi connectivity index (χ0v) is 14.7. The highest BCUT2D eigenvalue weighted by atomic mass is 19.1. The number of carbonyl (C=O) groups excluding carboxylic acids is 3. The highest BCUT2D eigenvalue weighted by Gasteiger charge is 2.12. The molecule has 0 saturated carbocycles. The van der Waals surface area contributed by atoms with Crippen LogP contribution in [0, 0.1) is 5.82 Å². The molecule has 2 aromatic rings. The fourth-order valence-corrected chi connectivity index (χ4v) is 2.13. The van der Waals surface area contributed by atoms with E-state index in [1.165, 1.54) is 18.2 Å². The molecular formula is C19H19FN2O5. The smallest absolute Gasteiger partial charge is 0.306 e. The van der Waals surface area contributed by atoms with Crippen molar-refractivity contribution in [3.8, 4) is 5.75 Å². The van der Waals surface area contributed by atoms with Crippen molar-refractivity contribution in [3.63, 3.8) is 0 Å². The monoisotopic (exact) mass is 374 g/mol. The van der Waals surface area contributed by atoms with E-state index in [2.05, 4.69) is 10.9 Å². The van der Waals surface area contributed by atoms with Gasteiger partial charge in [0.2, 0.25) is 0 Å². The first-order chi connectivity index (χ1) is 13.0. The van der Waals surface area contributed by atoms with Crippen LogP contribution in [-0.2, 0) is 20.7 Å². The second-order valence-corrected chi connectivity index (χ2v) is 5.49. The summed E-state index contributed by atoms with van der Waals surface area (Å²) >= 11 is 0. The zero-order valence-electron chi connectivity index (χ0n) is 14.7. The molecule has 0 bridgehead atoms. The third-order valence-corrected chi connectivity index (χ3v) is 3.58. The second kappa shape index (κ2) is 9.91. The molecule has 2 amide bonds. The molecule has 2 rings (SSSR count). The van der Waals surface area contributed by atoms with Crippen molar-refractivity contribution >= 4 is 17.8 Å². The number of ether oxygens (including phenoxy) is 2. The van der Waals surface area contributed by atoms with Crippen molar-refractivity contribution in [1.29, 1.82) is 0 Å². The van der Waals surface area contributed by atoms with Crippen molar-refractivity contribution in [2.75, 3.05) is 13.7 Å². The van der Waals surface area contributed by atoms with Gasteiger partial charge in [0.15, 0.2) is 6.61 Å². The number of amides is 2. The quantitative estimate of drug-likeness (QED) is 0.569. The number of hydrogen-bond acceptors (Lipinski definition) is 5. The number of methoxy groups -OCH3 is 1. The highest BCUT2D eigenvalue weighted by Crippen LogP contribution is 2.12. The summed E-state index contributed by atoms with van der Waals surface area (Å²) in [4.78, 5) is 35.0. The van der Waals surface area contributed by atoms with Crippen LogP contribution in [0.1, 0.15) is 22.3 Å². The van der Waals surface area contributed by atoms with E-state index in [1.807, 2.05) is 12.1 Å². The number of halogens is 1. The average Bonchev–Trinajstić information content (AvgIpc) is 2.69. The van der Waals surface area contributed by atoms with E-state index in [4.69, 9.17) is 9.47 Å². The summed E-state index contributed by atoms with van der Waals surface area (Å²) in [5, 5.41) is 0. The Bertz CT molecular complexity index is 808. The third kappa shape index (κ3) is 6.43. The Morgan fingerprint density at radius 3 is 2.37 bits per heavy atom. The van der Waals surface area contributed by atoms with Crippen molar-refractivity contribution in [1.82, 2.24) is 10.9 Å². The predicted molar refractivity (Wildman–Crippen MR) is 94.3 cm³/mol. The molecule has 0 fully saturated rings. The lowest BCUT2D eigenvalue weighted by Gasteiger charge is -2.09. The van der Waals surface area contributed by atoms with Gasteiger partial charge >= 0.3 is 5.97 Å². The number of carbonyl (C=O) groups is 3. The first-order valence-corrected chi connectivity index (χ1v) is 8.12. The molecule has 0 radical (unpaired) electrons. The van der Waals surface area contributed by atoms with E-state index in [1.54, 1.807) is 19.2 Å². The van der Waals surface area contributed by atoms with Crippen LogP contribution in [0.5, 0.6) is 5.75 Å². The summed E-state index contributed by atoms with van der Waals surface area (Å²) in [6.07, 6.45) is 0.551. The minimum absolute atomic E-state index is 0.0984. The minimum atomic E-state index is -0.813. The molecule has 0 aliphatic rings. The number of aryl methyl sites for hydroxylation is 1. The van der Waals surface area contributed by atoms with Crippen molar-refractivity contribution in [2.45, 2.75) is 12.8 Å². The van der Waals surface area contributed by atoms with E-state index in [9.17, 15) is 18.8 Å². The van der Waals surface area contributed by atoms with Crippen LogP contribution in [0.15, 0.2) is 48.5 Å². The summed E-state index contributed by atoms with van der Waals surface area (Å²) in [5.41, 5.74) is 4.82. The molecule has 2 aromatic carbocycles. The number of hydrogen-bond donors (Lipinski definition) is 2. The highest BCUT2D eigenvalue weighted by molar-refractivity contribution is 5.95. The van der Waals surface area contributed by atoms with Crippen LogP contribution in [0.3, 0.4) is 0 Å². The van der Waals surface area contributed by atoms with Crippen molar-refractivity contribution < 1.29 is 28.2 Å². The summed E-state index contributed by atoms with van der Waals surface area (Å²) in [6, 6.07) is 12.6. The van der Waals surface area contributed by atoms with E-state index >= 15 is 0 Å². The number of benzene rings is 2. The van der Waals surface area contributed by atoms with Crippen LogP contribution in [0.2, 0.25) is 0 Å². The summed E-state index contributed by atoms with van der Waals surface area (Å²) in [7, 11) is 1.57. The molecule has 0 atom stereocenters. The number of rotatable bonds is 7. The largest absolute Gasteiger partial charge is 0.497 e. The Morgan fingerprint density at radius 2 is 1.70 bits per heavy atom. The maximum absolute atomic E-state index is 13.4. The van der Waals surface area contributed by atoms with E-state index in [0.29, 0.717) is 6.42 Å². The average molecular weight is 374 g/mol.